The summed E-state index contributed by atoms with van der Waals surface area (Å²) in [5.74, 6) is -0.474. The van der Waals surface area contributed by atoms with E-state index < -0.39 is 5.97 Å². The van der Waals surface area contributed by atoms with Gasteiger partial charge >= 0.3 is 5.97 Å². The topological polar surface area (TPSA) is 46.5 Å². The van der Waals surface area contributed by atoms with Gasteiger partial charge in [0, 0.05) is 0 Å². The Morgan fingerprint density at radius 3 is 2.33 bits per heavy atom. The van der Waals surface area contributed by atoms with E-state index in [-0.39, 0.29) is 12.3 Å². The molecule has 0 saturated carbocycles. The molecule has 0 amide bonds. The number of halogens is 2. The number of carboxylic acid groups (broad SMARTS) is 1. The van der Waals surface area contributed by atoms with Gasteiger partial charge in [-0.2, -0.15) is 0 Å². The number of ether oxygens (including phenoxy) is 1. The summed E-state index contributed by atoms with van der Waals surface area (Å²) >= 11 is 12.1. The first kappa shape index (κ1) is 15.1. The Morgan fingerprint density at radius 1 is 1.39 bits per heavy atom. The van der Waals surface area contributed by atoms with Crippen LogP contribution >= 0.6 is 23.2 Å². The molecule has 0 aliphatic heterocycles. The second-order valence-corrected chi connectivity index (χ2v) is 4.92. The van der Waals surface area contributed by atoms with Crippen LogP contribution in [0, 0.1) is 0 Å². The zero-order valence-corrected chi connectivity index (χ0v) is 11.9. The predicted molar refractivity (Wildman–Crippen MR) is 72.9 cm³/mol. The van der Waals surface area contributed by atoms with Gasteiger partial charge in [0.2, 0.25) is 0 Å². The third-order valence-electron chi connectivity index (χ3n) is 2.75. The molecule has 1 rings (SSSR count). The summed E-state index contributed by atoms with van der Waals surface area (Å²) in [6, 6.07) is 3.46. The van der Waals surface area contributed by atoms with E-state index >= 15 is 0 Å². The van der Waals surface area contributed by atoms with Crippen molar-refractivity contribution in [2.45, 2.75) is 32.1 Å². The van der Waals surface area contributed by atoms with Crippen LogP contribution in [0.5, 0.6) is 5.75 Å². The molecule has 0 fully saturated rings. The Labute approximate surface area is 117 Å². The molecule has 1 N–H and O–H groups in total. The molecule has 0 spiro atoms. The van der Waals surface area contributed by atoms with E-state index in [1.165, 1.54) is 7.11 Å². The zero-order valence-electron chi connectivity index (χ0n) is 10.4. The molecule has 100 valence electrons. The van der Waals surface area contributed by atoms with Crippen LogP contribution in [0.2, 0.25) is 10.0 Å². The first-order chi connectivity index (χ1) is 8.49. The highest BCUT2D eigenvalue weighted by molar-refractivity contribution is 6.37. The minimum absolute atomic E-state index is 0.0755. The maximum Gasteiger partial charge on any atom is 0.303 e. The highest BCUT2D eigenvalue weighted by Gasteiger charge is 2.18. The molecule has 1 aromatic rings. The van der Waals surface area contributed by atoms with Crippen molar-refractivity contribution in [2.75, 3.05) is 7.11 Å². The Kier molecular flexibility index (Phi) is 5.76. The van der Waals surface area contributed by atoms with Crippen molar-refractivity contribution in [3.63, 3.8) is 0 Å². The fourth-order valence-corrected chi connectivity index (χ4v) is 2.61. The van der Waals surface area contributed by atoms with Crippen molar-refractivity contribution in [1.29, 1.82) is 0 Å². The van der Waals surface area contributed by atoms with E-state index in [4.69, 9.17) is 33.0 Å². The SMILES string of the molecule is CCCC(CC(=O)O)c1cc(Cl)c(OC)c(Cl)c1. The van der Waals surface area contributed by atoms with Gasteiger partial charge in [-0.3, -0.25) is 4.79 Å². The lowest BCUT2D eigenvalue weighted by atomic mass is 9.91. The monoisotopic (exact) mass is 290 g/mol. The summed E-state index contributed by atoms with van der Waals surface area (Å²) in [4.78, 5) is 10.9. The summed E-state index contributed by atoms with van der Waals surface area (Å²) < 4.78 is 5.07. The highest BCUT2D eigenvalue weighted by atomic mass is 35.5. The van der Waals surface area contributed by atoms with Gasteiger partial charge in [0.05, 0.1) is 23.6 Å². The third kappa shape index (κ3) is 3.79. The van der Waals surface area contributed by atoms with Gasteiger partial charge in [0.25, 0.3) is 0 Å². The molecule has 0 saturated heterocycles. The van der Waals surface area contributed by atoms with Gasteiger partial charge in [-0.1, -0.05) is 36.5 Å². The van der Waals surface area contributed by atoms with Crippen LogP contribution in [0.4, 0.5) is 0 Å². The minimum atomic E-state index is -0.823. The van der Waals surface area contributed by atoms with Crippen LogP contribution in [0.15, 0.2) is 12.1 Å². The number of aliphatic carboxylic acids is 1. The standard InChI is InChI=1S/C13H16Cl2O3/c1-3-4-8(7-12(16)17)9-5-10(14)13(18-2)11(15)6-9/h5-6,8H,3-4,7H2,1-2H3,(H,16,17). The van der Waals surface area contributed by atoms with E-state index in [9.17, 15) is 4.79 Å². The Hall–Kier alpha value is -0.930. The average Bonchev–Trinajstić information content (AvgIpc) is 2.27. The van der Waals surface area contributed by atoms with E-state index in [2.05, 4.69) is 0 Å². The van der Waals surface area contributed by atoms with Crippen LogP contribution in [-0.4, -0.2) is 18.2 Å². The van der Waals surface area contributed by atoms with E-state index in [0.717, 1.165) is 18.4 Å². The number of benzene rings is 1. The summed E-state index contributed by atoms with van der Waals surface area (Å²) in [6.07, 6.45) is 1.76. The van der Waals surface area contributed by atoms with Crippen LogP contribution < -0.4 is 4.74 Å². The fourth-order valence-electron chi connectivity index (χ4n) is 1.96. The Bertz CT molecular complexity index is 409. The quantitative estimate of drug-likeness (QED) is 0.847. The van der Waals surface area contributed by atoms with E-state index in [0.29, 0.717) is 15.8 Å². The molecule has 0 bridgehead atoms. The van der Waals surface area contributed by atoms with E-state index in [1.54, 1.807) is 12.1 Å². The number of rotatable bonds is 6. The average molecular weight is 291 g/mol. The molecule has 0 heterocycles. The van der Waals surface area contributed by atoms with Crippen LogP contribution in [-0.2, 0) is 4.79 Å². The minimum Gasteiger partial charge on any atom is -0.494 e. The van der Waals surface area contributed by atoms with Gasteiger partial charge in [-0.25, -0.2) is 0 Å². The van der Waals surface area contributed by atoms with Gasteiger partial charge in [-0.15, -0.1) is 0 Å². The van der Waals surface area contributed by atoms with Crippen molar-refractivity contribution in [1.82, 2.24) is 0 Å². The zero-order chi connectivity index (χ0) is 13.7. The molecule has 0 aliphatic rings. The highest BCUT2D eigenvalue weighted by Crippen LogP contribution is 2.37. The molecule has 0 radical (unpaired) electrons. The van der Waals surface area contributed by atoms with Crippen molar-refractivity contribution in [3.05, 3.63) is 27.7 Å². The summed E-state index contributed by atoms with van der Waals surface area (Å²) in [6.45, 7) is 2.02. The van der Waals surface area contributed by atoms with Crippen molar-refractivity contribution < 1.29 is 14.6 Å². The molecule has 1 unspecified atom stereocenters. The Morgan fingerprint density at radius 2 is 1.94 bits per heavy atom. The number of carboxylic acids is 1. The van der Waals surface area contributed by atoms with Crippen LogP contribution in [0.3, 0.4) is 0 Å². The molecular weight excluding hydrogens is 275 g/mol. The fraction of sp³-hybridized carbons (Fsp3) is 0.462. The second-order valence-electron chi connectivity index (χ2n) is 4.10. The van der Waals surface area contributed by atoms with Gasteiger partial charge in [0.1, 0.15) is 0 Å². The van der Waals surface area contributed by atoms with Crippen molar-refractivity contribution in [2.24, 2.45) is 0 Å². The van der Waals surface area contributed by atoms with Crippen LogP contribution in [0.1, 0.15) is 37.7 Å². The van der Waals surface area contributed by atoms with Crippen molar-refractivity contribution in [3.8, 4) is 5.75 Å². The molecule has 0 aliphatic carbocycles. The molecule has 1 atom stereocenters. The summed E-state index contributed by atoms with van der Waals surface area (Å²) in [7, 11) is 1.49. The summed E-state index contributed by atoms with van der Waals surface area (Å²) in [5.41, 5.74) is 0.843. The number of methoxy groups -OCH3 is 1. The van der Waals surface area contributed by atoms with Gasteiger partial charge < -0.3 is 9.84 Å². The normalized spacial score (nSPS) is 12.2. The maximum atomic E-state index is 10.9. The third-order valence-corrected chi connectivity index (χ3v) is 3.32. The lowest BCUT2D eigenvalue weighted by Crippen LogP contribution is -2.06. The predicted octanol–water partition coefficient (Wildman–Crippen LogP) is 4.36. The maximum absolute atomic E-state index is 10.9. The van der Waals surface area contributed by atoms with Gasteiger partial charge in [0.15, 0.2) is 5.75 Å². The Balaban J connectivity index is 3.08. The number of hydrogen-bond donors (Lipinski definition) is 1. The molecule has 18 heavy (non-hydrogen) atoms. The first-order valence-corrected chi connectivity index (χ1v) is 6.49. The second kappa shape index (κ2) is 6.86. The number of carbonyl (C=O) groups is 1. The lowest BCUT2D eigenvalue weighted by Gasteiger charge is -2.16. The van der Waals surface area contributed by atoms with Crippen LogP contribution in [0.25, 0.3) is 0 Å². The molecular formula is C13H16Cl2O3. The first-order valence-electron chi connectivity index (χ1n) is 5.74. The molecule has 1 aromatic carbocycles. The largest absolute Gasteiger partial charge is 0.494 e. The summed E-state index contributed by atoms with van der Waals surface area (Å²) in [5, 5.41) is 9.74. The smallest absolute Gasteiger partial charge is 0.303 e. The molecule has 0 aromatic heterocycles. The number of hydrogen-bond acceptors (Lipinski definition) is 2. The molecule has 5 heteroatoms. The van der Waals surface area contributed by atoms with E-state index in [1.807, 2.05) is 6.92 Å². The van der Waals surface area contributed by atoms with Crippen molar-refractivity contribution >= 4 is 29.2 Å². The van der Waals surface area contributed by atoms with Gasteiger partial charge in [-0.05, 0) is 30.0 Å². The lowest BCUT2D eigenvalue weighted by molar-refractivity contribution is -0.137. The molecule has 3 nitrogen and oxygen atoms in total.